The Hall–Kier alpha value is -5.46. The van der Waals surface area contributed by atoms with Crippen LogP contribution in [0, 0.1) is 17.0 Å². The highest BCUT2D eigenvalue weighted by Gasteiger charge is 2.24. The second kappa shape index (κ2) is 18.5. The van der Waals surface area contributed by atoms with Crippen molar-refractivity contribution in [1.82, 2.24) is 24.2 Å². The Balaban J connectivity index is 1.46. The van der Waals surface area contributed by atoms with Crippen molar-refractivity contribution in [2.75, 3.05) is 77.1 Å². The number of esters is 2. The quantitative estimate of drug-likeness (QED) is 0.0372. The molecule has 0 spiro atoms. The van der Waals surface area contributed by atoms with Crippen LogP contribution >= 0.6 is 11.8 Å². The number of fused-ring (bicyclic) bond motifs is 1. The Kier molecular flexibility index (Phi) is 13.6. The Morgan fingerprint density at radius 2 is 1.78 bits per heavy atom. The van der Waals surface area contributed by atoms with E-state index in [9.17, 15) is 24.5 Å². The molecule has 1 saturated heterocycles. The van der Waals surface area contributed by atoms with Crippen molar-refractivity contribution in [2.45, 2.75) is 38.3 Å². The first-order valence-electron chi connectivity index (χ1n) is 17.3. The van der Waals surface area contributed by atoms with Gasteiger partial charge in [0, 0.05) is 50.2 Å². The Morgan fingerprint density at radius 1 is 1.06 bits per heavy atom. The number of morpholine rings is 1. The summed E-state index contributed by atoms with van der Waals surface area (Å²) in [6, 6.07) is 7.60. The summed E-state index contributed by atoms with van der Waals surface area (Å²) in [6.45, 7) is 8.79. The summed E-state index contributed by atoms with van der Waals surface area (Å²) < 4.78 is 24.9. The number of benzene rings is 2. The van der Waals surface area contributed by atoms with Crippen molar-refractivity contribution in [1.29, 1.82) is 0 Å². The number of methoxy groups -OCH3 is 2. The number of nitrogens with zero attached hydrogens (tertiary/aromatic N) is 6. The number of carbonyl (C=O) groups is 3. The summed E-state index contributed by atoms with van der Waals surface area (Å²) in [5, 5.41) is 22.4. The molecule has 1 fully saturated rings. The van der Waals surface area contributed by atoms with E-state index in [1.807, 2.05) is 13.0 Å². The number of nitrogens with one attached hydrogen (secondary N) is 2. The molecule has 1 amide bonds. The molecule has 3 heterocycles. The highest BCUT2D eigenvalue weighted by molar-refractivity contribution is 7.98. The van der Waals surface area contributed by atoms with Gasteiger partial charge in [0.05, 0.1) is 61.3 Å². The molecule has 17 nitrogen and oxygen atoms in total. The third kappa shape index (κ3) is 9.36. The standard InChI is InChI=1S/C36H44N8O9S/c1-6-43-28(18-23(2)40-43)33(45)39-36-38-26-19-24(34(46)50-3)21-29(53-15-9-11-41-13-16-52-17-14-41)32(26)42(36)12-8-7-10-37-31-27(44(48)49)20-25(35(47)51-4)22-30(31)54-5/h7-8,18-22,37H,6,9-17H2,1-5H3,(H,38,39,45). The van der Waals surface area contributed by atoms with Crippen molar-refractivity contribution in [2.24, 2.45) is 0 Å². The van der Waals surface area contributed by atoms with Crippen LogP contribution in [0.2, 0.25) is 0 Å². The molecule has 54 heavy (non-hydrogen) atoms. The minimum Gasteiger partial charge on any atom is -0.491 e. The largest absolute Gasteiger partial charge is 0.491 e. The van der Waals surface area contributed by atoms with Crippen LogP contribution in [-0.4, -0.2) is 113 Å². The predicted molar refractivity (Wildman–Crippen MR) is 203 cm³/mol. The lowest BCUT2D eigenvalue weighted by atomic mass is 10.1. The molecule has 2 aromatic heterocycles. The molecule has 0 saturated carbocycles. The van der Waals surface area contributed by atoms with E-state index in [0.29, 0.717) is 59.4 Å². The Bertz CT molecular complexity index is 2040. The van der Waals surface area contributed by atoms with Gasteiger partial charge in [-0.05, 0) is 50.8 Å². The zero-order chi connectivity index (χ0) is 38.8. The third-order valence-electron chi connectivity index (χ3n) is 8.64. The van der Waals surface area contributed by atoms with E-state index in [1.165, 1.54) is 32.0 Å². The number of anilines is 2. The van der Waals surface area contributed by atoms with Crippen LogP contribution in [0.1, 0.15) is 50.2 Å². The van der Waals surface area contributed by atoms with Gasteiger partial charge in [0.2, 0.25) is 5.95 Å². The number of hydrogen-bond donors (Lipinski definition) is 2. The molecule has 1 aliphatic heterocycles. The Labute approximate surface area is 316 Å². The number of hydrogen-bond acceptors (Lipinski definition) is 14. The van der Waals surface area contributed by atoms with Gasteiger partial charge in [-0.1, -0.05) is 12.2 Å². The number of amides is 1. The highest BCUT2D eigenvalue weighted by Crippen LogP contribution is 2.36. The number of aromatic nitrogens is 4. The summed E-state index contributed by atoms with van der Waals surface area (Å²) in [7, 11) is 2.51. The maximum absolute atomic E-state index is 13.6. The van der Waals surface area contributed by atoms with Crippen LogP contribution in [0.4, 0.5) is 17.3 Å². The number of thioether (sulfide) groups is 1. The van der Waals surface area contributed by atoms with Crippen molar-refractivity contribution in [3.63, 3.8) is 0 Å². The number of carbonyl (C=O) groups excluding carboxylic acids is 3. The van der Waals surface area contributed by atoms with E-state index >= 15 is 0 Å². The zero-order valence-electron chi connectivity index (χ0n) is 30.9. The Morgan fingerprint density at radius 3 is 2.44 bits per heavy atom. The molecular formula is C36H44N8O9S. The smallest absolute Gasteiger partial charge is 0.338 e. The number of nitro benzene ring substituents is 1. The van der Waals surface area contributed by atoms with E-state index < -0.39 is 22.8 Å². The summed E-state index contributed by atoms with van der Waals surface area (Å²) in [4.78, 5) is 57.4. The van der Waals surface area contributed by atoms with Crippen LogP contribution in [0.5, 0.6) is 5.75 Å². The lowest BCUT2D eigenvalue weighted by molar-refractivity contribution is -0.384. The maximum atomic E-state index is 13.6. The summed E-state index contributed by atoms with van der Waals surface area (Å²) >= 11 is 1.25. The summed E-state index contributed by atoms with van der Waals surface area (Å²) in [6.07, 6.45) is 6.07. The first-order valence-corrected chi connectivity index (χ1v) is 18.6. The molecule has 2 N–H and O–H groups in total. The van der Waals surface area contributed by atoms with Crippen LogP contribution in [0.3, 0.4) is 0 Å². The van der Waals surface area contributed by atoms with Crippen molar-refractivity contribution < 1.29 is 38.3 Å². The van der Waals surface area contributed by atoms with Crippen LogP contribution < -0.4 is 15.4 Å². The highest BCUT2D eigenvalue weighted by atomic mass is 32.2. The average molecular weight is 765 g/mol. The van der Waals surface area contributed by atoms with Crippen LogP contribution in [0.15, 0.2) is 47.4 Å². The lowest BCUT2D eigenvalue weighted by Crippen LogP contribution is -2.37. The second-order valence-corrected chi connectivity index (χ2v) is 13.0. The van der Waals surface area contributed by atoms with E-state index in [2.05, 4.69) is 20.6 Å². The van der Waals surface area contributed by atoms with Gasteiger partial charge < -0.3 is 28.8 Å². The van der Waals surface area contributed by atoms with E-state index in [1.54, 1.807) is 52.8 Å². The second-order valence-electron chi connectivity index (χ2n) is 12.2. The molecule has 0 radical (unpaired) electrons. The molecule has 1 aliphatic rings. The van der Waals surface area contributed by atoms with Gasteiger partial charge in [-0.25, -0.2) is 14.6 Å². The molecule has 4 aromatic rings. The fraction of sp³-hybridized carbons (Fsp3) is 0.417. The predicted octanol–water partition coefficient (Wildman–Crippen LogP) is 4.79. The summed E-state index contributed by atoms with van der Waals surface area (Å²) in [5.74, 6) is -1.08. The van der Waals surface area contributed by atoms with Gasteiger partial charge in [-0.2, -0.15) is 5.10 Å². The monoisotopic (exact) mass is 764 g/mol. The first-order chi connectivity index (χ1) is 26.1. The van der Waals surface area contributed by atoms with Gasteiger partial charge in [0.1, 0.15) is 22.6 Å². The van der Waals surface area contributed by atoms with Crippen molar-refractivity contribution in [3.8, 4) is 5.75 Å². The van der Waals surface area contributed by atoms with E-state index in [0.717, 1.165) is 26.1 Å². The van der Waals surface area contributed by atoms with Gasteiger partial charge in [0.15, 0.2) is 0 Å². The number of imidazole rings is 1. The van der Waals surface area contributed by atoms with Crippen LogP contribution in [0.25, 0.3) is 11.0 Å². The minimum absolute atomic E-state index is 0.0721. The normalized spacial score (nSPS) is 13.3. The molecule has 0 unspecified atom stereocenters. The molecule has 288 valence electrons. The van der Waals surface area contributed by atoms with Gasteiger partial charge in [-0.3, -0.25) is 29.8 Å². The number of allylic oxidation sites excluding steroid dienone is 1. The number of ether oxygens (including phenoxy) is 4. The van der Waals surface area contributed by atoms with Crippen molar-refractivity contribution >= 4 is 58.0 Å². The van der Waals surface area contributed by atoms with Crippen LogP contribution in [-0.2, 0) is 27.3 Å². The average Bonchev–Trinajstić information content (AvgIpc) is 3.74. The zero-order valence-corrected chi connectivity index (χ0v) is 31.7. The van der Waals surface area contributed by atoms with Gasteiger partial charge in [-0.15, -0.1) is 11.8 Å². The van der Waals surface area contributed by atoms with Gasteiger partial charge >= 0.3 is 11.9 Å². The molecule has 0 aliphatic carbocycles. The molecule has 2 aromatic carbocycles. The number of nitro groups is 1. The lowest BCUT2D eigenvalue weighted by Gasteiger charge is -2.26. The first kappa shape index (κ1) is 39.7. The van der Waals surface area contributed by atoms with E-state index in [-0.39, 0.29) is 41.5 Å². The maximum Gasteiger partial charge on any atom is 0.338 e. The summed E-state index contributed by atoms with van der Waals surface area (Å²) in [5.41, 5.74) is 2.28. The number of rotatable bonds is 17. The molecule has 5 rings (SSSR count). The van der Waals surface area contributed by atoms with Gasteiger partial charge in [0.25, 0.3) is 11.6 Å². The minimum atomic E-state index is -0.677. The molecule has 18 heteroatoms. The SMILES string of the molecule is CCn1nc(C)cc1C(=O)Nc1nc2cc(C(=O)OC)cc(OCCCN3CCOCC3)c2n1CC=CCNc1c(SC)cc(C(=O)OC)cc1[N+](=O)[O-]. The van der Waals surface area contributed by atoms with E-state index in [4.69, 9.17) is 23.9 Å². The molecule has 0 atom stereocenters. The fourth-order valence-corrected chi connectivity index (χ4v) is 6.65. The van der Waals surface area contributed by atoms with Crippen molar-refractivity contribution in [3.05, 3.63) is 75.1 Å². The number of aryl methyl sites for hydroxylation is 2. The fourth-order valence-electron chi connectivity index (χ4n) is 6.02. The third-order valence-corrected chi connectivity index (χ3v) is 9.40. The topological polar surface area (TPSA) is 194 Å². The molecule has 0 bridgehead atoms. The molecular weight excluding hydrogens is 721 g/mol.